The third-order valence-corrected chi connectivity index (χ3v) is 13.9. The average molecular weight is 602 g/mol. The number of amides is 2. The topological polar surface area (TPSA) is 88.1 Å². The Morgan fingerprint density at radius 1 is 1.00 bits per heavy atom. The first-order valence-electron chi connectivity index (χ1n) is 16.7. The van der Waals surface area contributed by atoms with Gasteiger partial charge in [-0.2, -0.15) is 0 Å². The van der Waals surface area contributed by atoms with Crippen LogP contribution in [0.3, 0.4) is 0 Å². The summed E-state index contributed by atoms with van der Waals surface area (Å²) in [6.07, 6.45) is 12.4. The Labute approximate surface area is 258 Å². The maximum atomic E-state index is 13.3. The van der Waals surface area contributed by atoms with E-state index in [4.69, 9.17) is 9.84 Å². The molecule has 0 saturated heterocycles. The van der Waals surface area contributed by atoms with Gasteiger partial charge in [0, 0.05) is 26.7 Å². The van der Waals surface area contributed by atoms with Crippen LogP contribution in [0.5, 0.6) is 0 Å². The summed E-state index contributed by atoms with van der Waals surface area (Å²) in [7, 11) is 0. The van der Waals surface area contributed by atoms with Crippen molar-refractivity contribution in [3.05, 3.63) is 0 Å². The lowest BCUT2D eigenvalue weighted by Crippen LogP contribution is -2.66. The number of ether oxygens (including phenoxy) is 1. The molecule has 5 rings (SSSR count). The van der Waals surface area contributed by atoms with Crippen molar-refractivity contribution < 1.29 is 19.1 Å². The molecule has 0 radical (unpaired) electrons. The second-order valence-corrected chi connectivity index (χ2v) is 16.8. The minimum absolute atomic E-state index is 0.00373. The van der Waals surface area contributed by atoms with Gasteiger partial charge >= 0.3 is 5.97 Å². The van der Waals surface area contributed by atoms with Crippen LogP contribution in [0.15, 0.2) is 5.10 Å². The summed E-state index contributed by atoms with van der Waals surface area (Å²) in [5.41, 5.74) is 0.327. The first kappa shape index (κ1) is 31.8. The maximum absolute atomic E-state index is 13.3. The van der Waals surface area contributed by atoms with Crippen molar-refractivity contribution in [1.82, 2.24) is 10.3 Å². The molecule has 8 heteroatoms. The molecule has 0 aromatic carbocycles. The van der Waals surface area contributed by atoms with Crippen LogP contribution in [0.4, 0.5) is 0 Å². The summed E-state index contributed by atoms with van der Waals surface area (Å²) in [6, 6.07) is 0. The number of carbonyl (C=O) groups excluding carboxylic acids is 3. The molecule has 5 aliphatic rings. The van der Waals surface area contributed by atoms with Crippen molar-refractivity contribution in [3.63, 3.8) is 0 Å². The van der Waals surface area contributed by atoms with Crippen molar-refractivity contribution in [3.8, 4) is 0 Å². The average Bonchev–Trinajstić information content (AvgIpc) is 3.42. The lowest BCUT2D eigenvalue weighted by Gasteiger charge is -2.66. The Kier molecular flexibility index (Phi) is 8.90. The second kappa shape index (κ2) is 11.7. The third-order valence-electron chi connectivity index (χ3n) is 12.6. The van der Waals surface area contributed by atoms with E-state index in [-0.39, 0.29) is 35.2 Å². The molecule has 0 bridgehead atoms. The van der Waals surface area contributed by atoms with E-state index in [2.05, 4.69) is 39.9 Å². The van der Waals surface area contributed by atoms with E-state index in [9.17, 15) is 14.4 Å². The fourth-order valence-corrected chi connectivity index (χ4v) is 12.7. The monoisotopic (exact) mass is 601 g/mol. The van der Waals surface area contributed by atoms with Crippen LogP contribution < -0.4 is 5.32 Å². The Morgan fingerprint density at radius 2 is 1.69 bits per heavy atom. The number of hydrogen-bond acceptors (Lipinski definition) is 6. The molecule has 42 heavy (non-hydrogen) atoms. The third kappa shape index (κ3) is 5.45. The number of hydrogen-bond donors (Lipinski definition) is 1. The van der Waals surface area contributed by atoms with Gasteiger partial charge in [0.25, 0.3) is 0 Å². The van der Waals surface area contributed by atoms with Gasteiger partial charge in [0.2, 0.25) is 11.8 Å². The predicted octanol–water partition coefficient (Wildman–Crippen LogP) is 7.35. The number of carbonyl (C=O) groups is 3. The highest BCUT2D eigenvalue weighted by molar-refractivity contribution is 8.15. The molecule has 1 heterocycles. The highest BCUT2D eigenvalue weighted by Gasteiger charge is 2.69. The normalized spacial score (nSPS) is 41.5. The van der Waals surface area contributed by atoms with Crippen molar-refractivity contribution in [1.29, 1.82) is 0 Å². The Hall–Kier alpha value is -1.57. The van der Waals surface area contributed by atoms with Crippen LogP contribution in [-0.2, 0) is 19.1 Å². The zero-order valence-electron chi connectivity index (χ0n) is 27.3. The number of esters is 1. The predicted molar refractivity (Wildman–Crippen MR) is 168 cm³/mol. The number of rotatable bonds is 6. The summed E-state index contributed by atoms with van der Waals surface area (Å²) >= 11 is 1.60. The van der Waals surface area contributed by atoms with Crippen molar-refractivity contribution in [2.24, 2.45) is 57.4 Å². The van der Waals surface area contributed by atoms with E-state index in [1.807, 2.05) is 0 Å². The molecule has 0 unspecified atom stereocenters. The summed E-state index contributed by atoms with van der Waals surface area (Å²) in [5.74, 6) is 3.59. The van der Waals surface area contributed by atoms with Crippen LogP contribution >= 0.6 is 11.8 Å². The molecule has 0 aromatic heterocycles. The zero-order valence-corrected chi connectivity index (χ0v) is 28.1. The molecule has 7 nitrogen and oxygen atoms in total. The first-order valence-corrected chi connectivity index (χ1v) is 17.6. The SMILES string of the molecule is CC(=O)NC1=NN(C(C)=O)[C@]2(C[C@H]3[C@@H]4CC[C@H]([C@H](C)CCCC(C)C)[C@@]4(C)CC[C@@H]3[C@@]3(C)CC[C@H](OC(C)=O)C[C@@H]32)S1. The molecular formula is C34H55N3O4S. The van der Waals surface area contributed by atoms with Gasteiger partial charge in [-0.1, -0.05) is 65.6 Å². The molecular weight excluding hydrogens is 546 g/mol. The molecule has 10 atom stereocenters. The number of fused-ring (bicyclic) bond motifs is 6. The lowest BCUT2D eigenvalue weighted by molar-refractivity contribution is -0.182. The van der Waals surface area contributed by atoms with E-state index in [1.54, 1.807) is 23.7 Å². The van der Waals surface area contributed by atoms with Crippen LogP contribution in [0.2, 0.25) is 0 Å². The molecule has 2 amide bonds. The number of amidine groups is 1. The first-order chi connectivity index (χ1) is 19.7. The summed E-state index contributed by atoms with van der Waals surface area (Å²) in [5, 5.41) is 9.94. The molecule has 1 spiro atoms. The second-order valence-electron chi connectivity index (χ2n) is 15.5. The van der Waals surface area contributed by atoms with E-state index in [1.165, 1.54) is 58.8 Å². The molecule has 4 aliphatic carbocycles. The smallest absolute Gasteiger partial charge is 0.302 e. The number of hydrazone groups is 1. The number of thioether (sulfide) groups is 1. The fourth-order valence-electron chi connectivity index (χ4n) is 11.0. The highest BCUT2D eigenvalue weighted by Crippen LogP contribution is 2.72. The van der Waals surface area contributed by atoms with Gasteiger partial charge in [-0.25, -0.2) is 5.01 Å². The minimum atomic E-state index is -0.586. The lowest BCUT2D eigenvalue weighted by atomic mass is 9.43. The van der Waals surface area contributed by atoms with Crippen molar-refractivity contribution in [2.75, 3.05) is 0 Å². The molecule has 1 N–H and O–H groups in total. The molecule has 0 aromatic rings. The van der Waals surface area contributed by atoms with Gasteiger partial charge in [-0.05, 0) is 97.7 Å². The van der Waals surface area contributed by atoms with Gasteiger partial charge in [-0.3, -0.25) is 14.4 Å². The molecule has 4 saturated carbocycles. The van der Waals surface area contributed by atoms with E-state index in [0.717, 1.165) is 43.4 Å². The standard InChI is InChI=1S/C34H55N3O4S/c1-20(2)10-9-11-21(3)27-12-13-28-26-19-34(37(23(5)39)36-31(42-34)35-22(4)38)30-18-25(41-24(6)40)14-16-33(30,8)29(26)15-17-32(27,28)7/h20-21,25-30H,9-19H2,1-8H3,(H,35,36,38)/t21-,25+,26+,27-,28+,29+,30+,32-,33-,34-/m1/s1. The number of nitrogens with zero attached hydrogens (tertiary/aromatic N) is 2. The van der Waals surface area contributed by atoms with Crippen LogP contribution in [0.1, 0.15) is 126 Å². The van der Waals surface area contributed by atoms with Crippen LogP contribution in [0, 0.1) is 52.3 Å². The van der Waals surface area contributed by atoms with Gasteiger partial charge in [0.05, 0.1) is 0 Å². The fraction of sp³-hybridized carbons (Fsp3) is 0.882. The van der Waals surface area contributed by atoms with Gasteiger partial charge < -0.3 is 10.1 Å². The number of nitrogens with one attached hydrogen (secondary N) is 1. The quantitative estimate of drug-likeness (QED) is 0.322. The highest BCUT2D eigenvalue weighted by atomic mass is 32.2. The Morgan fingerprint density at radius 3 is 2.33 bits per heavy atom. The van der Waals surface area contributed by atoms with E-state index in [0.29, 0.717) is 28.3 Å². The van der Waals surface area contributed by atoms with E-state index >= 15 is 0 Å². The maximum Gasteiger partial charge on any atom is 0.302 e. The van der Waals surface area contributed by atoms with E-state index < -0.39 is 4.87 Å². The minimum Gasteiger partial charge on any atom is -0.463 e. The summed E-state index contributed by atoms with van der Waals surface area (Å²) in [4.78, 5) is 36.9. The Bertz CT molecular complexity index is 1110. The zero-order chi connectivity index (χ0) is 30.6. The molecule has 236 valence electrons. The molecule has 1 aliphatic heterocycles. The van der Waals surface area contributed by atoms with Gasteiger partial charge in [0.15, 0.2) is 5.17 Å². The largest absolute Gasteiger partial charge is 0.463 e. The molecule has 4 fully saturated rings. The van der Waals surface area contributed by atoms with Crippen LogP contribution in [0.25, 0.3) is 0 Å². The summed E-state index contributed by atoms with van der Waals surface area (Å²) < 4.78 is 5.82. The van der Waals surface area contributed by atoms with Gasteiger partial charge in [-0.15, -0.1) is 5.10 Å². The van der Waals surface area contributed by atoms with Gasteiger partial charge in [0.1, 0.15) is 11.0 Å². The van der Waals surface area contributed by atoms with Crippen molar-refractivity contribution in [2.45, 2.75) is 137 Å². The van der Waals surface area contributed by atoms with Crippen LogP contribution in [-0.4, -0.2) is 38.9 Å². The summed E-state index contributed by atoms with van der Waals surface area (Å²) in [6.45, 7) is 16.8. The Balaban J connectivity index is 1.50. The van der Waals surface area contributed by atoms with Crippen molar-refractivity contribution >= 4 is 34.7 Å².